The quantitative estimate of drug-likeness (QED) is 0.846. The summed E-state index contributed by atoms with van der Waals surface area (Å²) in [5.41, 5.74) is 6.14. The van der Waals surface area contributed by atoms with Gasteiger partial charge in [-0.25, -0.2) is 9.18 Å². The van der Waals surface area contributed by atoms with Gasteiger partial charge in [0.1, 0.15) is 5.82 Å². The van der Waals surface area contributed by atoms with E-state index in [9.17, 15) is 9.18 Å². The molecule has 2 N–H and O–H groups in total. The second-order valence-electron chi connectivity index (χ2n) is 4.57. The van der Waals surface area contributed by atoms with Gasteiger partial charge in [0.25, 0.3) is 0 Å². The topological polar surface area (TPSA) is 52.9 Å². The Morgan fingerprint density at radius 2 is 2.06 bits per heavy atom. The van der Waals surface area contributed by atoms with Crippen molar-refractivity contribution in [1.29, 1.82) is 0 Å². The van der Waals surface area contributed by atoms with Gasteiger partial charge in [0.05, 0.1) is 12.2 Å². The smallest absolute Gasteiger partial charge is 0.328 e. The molecule has 18 heavy (non-hydrogen) atoms. The first kappa shape index (κ1) is 12.4. The molecule has 0 radical (unpaired) electrons. The fourth-order valence-electron chi connectivity index (χ4n) is 1.81. The Morgan fingerprint density at radius 1 is 1.33 bits per heavy atom. The highest BCUT2D eigenvalue weighted by atomic mass is 19.1. The monoisotopic (exact) mass is 249 g/mol. The zero-order chi connectivity index (χ0) is 13.3. The molecule has 0 unspecified atom stereocenters. The molecule has 96 valence electrons. The van der Waals surface area contributed by atoms with Crippen LogP contribution >= 0.6 is 0 Å². The third kappa shape index (κ3) is 2.30. The molecule has 5 heteroatoms. The SMILES string of the molecule is CC(C)n1ccn(Cc2ccc(N)c(F)c2)c1=O. The molecule has 2 rings (SSSR count). The van der Waals surface area contributed by atoms with Crippen molar-refractivity contribution in [3.05, 3.63) is 52.5 Å². The summed E-state index contributed by atoms with van der Waals surface area (Å²) in [6.45, 7) is 4.22. The molecule has 0 fully saturated rings. The van der Waals surface area contributed by atoms with E-state index in [0.717, 1.165) is 0 Å². The average molecular weight is 249 g/mol. The highest BCUT2D eigenvalue weighted by Crippen LogP contribution is 2.12. The number of aromatic nitrogens is 2. The van der Waals surface area contributed by atoms with Gasteiger partial charge in [-0.3, -0.25) is 9.13 Å². The lowest BCUT2D eigenvalue weighted by Gasteiger charge is -2.06. The highest BCUT2D eigenvalue weighted by Gasteiger charge is 2.07. The molecule has 1 heterocycles. The summed E-state index contributed by atoms with van der Waals surface area (Å²) >= 11 is 0. The van der Waals surface area contributed by atoms with Crippen molar-refractivity contribution in [2.45, 2.75) is 26.4 Å². The van der Waals surface area contributed by atoms with E-state index in [0.29, 0.717) is 12.1 Å². The van der Waals surface area contributed by atoms with Crippen LogP contribution in [0.3, 0.4) is 0 Å². The van der Waals surface area contributed by atoms with Crippen LogP contribution in [0.1, 0.15) is 25.5 Å². The third-order valence-electron chi connectivity index (χ3n) is 2.85. The van der Waals surface area contributed by atoms with Gasteiger partial charge in [-0.2, -0.15) is 0 Å². The van der Waals surface area contributed by atoms with E-state index < -0.39 is 5.82 Å². The van der Waals surface area contributed by atoms with Gasteiger partial charge in [-0.05, 0) is 31.5 Å². The van der Waals surface area contributed by atoms with Crippen molar-refractivity contribution >= 4 is 5.69 Å². The first-order valence-electron chi connectivity index (χ1n) is 5.80. The maximum absolute atomic E-state index is 13.3. The summed E-state index contributed by atoms with van der Waals surface area (Å²) in [4.78, 5) is 12.0. The summed E-state index contributed by atoms with van der Waals surface area (Å²) in [7, 11) is 0. The molecule has 0 bridgehead atoms. The molecule has 0 saturated heterocycles. The van der Waals surface area contributed by atoms with E-state index in [4.69, 9.17) is 5.73 Å². The van der Waals surface area contributed by atoms with Crippen molar-refractivity contribution < 1.29 is 4.39 Å². The Balaban J connectivity index is 2.29. The molecular weight excluding hydrogens is 233 g/mol. The lowest BCUT2D eigenvalue weighted by Crippen LogP contribution is -2.25. The van der Waals surface area contributed by atoms with Gasteiger partial charge in [0.2, 0.25) is 0 Å². The maximum Gasteiger partial charge on any atom is 0.328 e. The van der Waals surface area contributed by atoms with Crippen molar-refractivity contribution in [2.75, 3.05) is 5.73 Å². The number of anilines is 1. The number of benzene rings is 1. The molecule has 2 aromatic rings. The van der Waals surface area contributed by atoms with Crippen LogP contribution in [0.4, 0.5) is 10.1 Å². The zero-order valence-electron chi connectivity index (χ0n) is 10.4. The fraction of sp³-hybridized carbons (Fsp3) is 0.308. The van der Waals surface area contributed by atoms with E-state index in [1.165, 1.54) is 12.1 Å². The van der Waals surface area contributed by atoms with E-state index in [1.807, 2.05) is 13.8 Å². The van der Waals surface area contributed by atoms with Crippen LogP contribution in [0.5, 0.6) is 0 Å². The van der Waals surface area contributed by atoms with Crippen LogP contribution in [0.15, 0.2) is 35.4 Å². The van der Waals surface area contributed by atoms with Crippen LogP contribution in [0, 0.1) is 5.82 Å². The Kier molecular flexibility index (Phi) is 3.23. The molecule has 0 amide bonds. The molecule has 0 spiro atoms. The molecule has 4 nitrogen and oxygen atoms in total. The fourth-order valence-corrected chi connectivity index (χ4v) is 1.81. The van der Waals surface area contributed by atoms with Gasteiger partial charge in [0, 0.05) is 18.4 Å². The Bertz CT molecular complexity index is 613. The van der Waals surface area contributed by atoms with Crippen LogP contribution < -0.4 is 11.4 Å². The van der Waals surface area contributed by atoms with Crippen LogP contribution in [-0.4, -0.2) is 9.13 Å². The Morgan fingerprint density at radius 3 is 2.61 bits per heavy atom. The minimum absolute atomic E-state index is 0.0952. The van der Waals surface area contributed by atoms with Crippen molar-refractivity contribution in [1.82, 2.24) is 9.13 Å². The van der Waals surface area contributed by atoms with Crippen LogP contribution in [0.25, 0.3) is 0 Å². The largest absolute Gasteiger partial charge is 0.396 e. The standard InChI is InChI=1S/C13H16FN3O/c1-9(2)17-6-5-16(13(17)18)8-10-3-4-12(15)11(14)7-10/h3-7,9H,8,15H2,1-2H3. The second kappa shape index (κ2) is 4.68. The Labute approximate surface area is 104 Å². The predicted octanol–water partition coefficient (Wildman–Crippen LogP) is 2.00. The normalized spacial score (nSPS) is 11.1. The van der Waals surface area contributed by atoms with Crippen molar-refractivity contribution in [2.24, 2.45) is 0 Å². The molecule has 0 aliphatic carbocycles. The summed E-state index contributed by atoms with van der Waals surface area (Å²) in [6.07, 6.45) is 3.44. The first-order valence-corrected chi connectivity index (χ1v) is 5.80. The number of hydrogen-bond donors (Lipinski definition) is 1. The Hall–Kier alpha value is -2.04. The predicted molar refractivity (Wildman–Crippen MR) is 69.0 cm³/mol. The number of nitrogens with two attached hydrogens (primary N) is 1. The summed E-state index contributed by atoms with van der Waals surface area (Å²) in [5, 5.41) is 0. The van der Waals surface area contributed by atoms with E-state index in [2.05, 4.69) is 0 Å². The molecule has 0 saturated carbocycles. The van der Waals surface area contributed by atoms with Gasteiger partial charge < -0.3 is 5.73 Å². The van der Waals surface area contributed by atoms with Crippen LogP contribution in [-0.2, 0) is 6.54 Å². The molecular formula is C13H16FN3O. The minimum Gasteiger partial charge on any atom is -0.396 e. The number of hydrogen-bond acceptors (Lipinski definition) is 2. The molecule has 0 aliphatic rings. The van der Waals surface area contributed by atoms with Gasteiger partial charge >= 0.3 is 5.69 Å². The van der Waals surface area contributed by atoms with Gasteiger partial charge in [0.15, 0.2) is 0 Å². The third-order valence-corrected chi connectivity index (χ3v) is 2.85. The molecule has 0 atom stereocenters. The number of nitrogen functional groups attached to an aromatic ring is 1. The summed E-state index contributed by atoms with van der Waals surface area (Å²) < 4.78 is 16.5. The number of imidazole rings is 1. The molecule has 0 aliphatic heterocycles. The maximum atomic E-state index is 13.3. The molecule has 1 aromatic heterocycles. The highest BCUT2D eigenvalue weighted by molar-refractivity contribution is 5.41. The van der Waals surface area contributed by atoms with Gasteiger partial charge in [-0.15, -0.1) is 0 Å². The van der Waals surface area contributed by atoms with Crippen molar-refractivity contribution in [3.8, 4) is 0 Å². The summed E-state index contributed by atoms with van der Waals surface area (Å²) in [6, 6.07) is 4.70. The van der Waals surface area contributed by atoms with Crippen LogP contribution in [0.2, 0.25) is 0 Å². The summed E-state index contributed by atoms with van der Waals surface area (Å²) in [5.74, 6) is -0.455. The average Bonchev–Trinajstić information content (AvgIpc) is 2.66. The number of nitrogens with zero attached hydrogens (tertiary/aromatic N) is 2. The van der Waals surface area contributed by atoms with Crippen molar-refractivity contribution in [3.63, 3.8) is 0 Å². The lowest BCUT2D eigenvalue weighted by atomic mass is 10.2. The first-order chi connectivity index (χ1) is 8.49. The molecule has 1 aromatic carbocycles. The number of halogens is 1. The minimum atomic E-state index is -0.455. The van der Waals surface area contributed by atoms with E-state index in [1.54, 1.807) is 27.6 Å². The lowest BCUT2D eigenvalue weighted by molar-refractivity contribution is 0.560. The van der Waals surface area contributed by atoms with Gasteiger partial charge in [-0.1, -0.05) is 6.07 Å². The van der Waals surface area contributed by atoms with E-state index in [-0.39, 0.29) is 17.4 Å². The zero-order valence-corrected chi connectivity index (χ0v) is 10.4. The van der Waals surface area contributed by atoms with E-state index >= 15 is 0 Å². The second-order valence-corrected chi connectivity index (χ2v) is 4.57. The number of rotatable bonds is 3.